The van der Waals surface area contributed by atoms with Gasteiger partial charge < -0.3 is 4.90 Å². The van der Waals surface area contributed by atoms with E-state index in [9.17, 15) is 0 Å². The molecule has 8 aromatic rings. The van der Waals surface area contributed by atoms with Gasteiger partial charge in [0, 0.05) is 27.8 Å². The minimum absolute atomic E-state index is 0.0185. The Hall–Kier alpha value is -6.18. The van der Waals surface area contributed by atoms with E-state index in [1.165, 1.54) is 106 Å². The van der Waals surface area contributed by atoms with Crippen molar-refractivity contribution in [2.24, 2.45) is 0 Å². The van der Waals surface area contributed by atoms with Gasteiger partial charge in [0.15, 0.2) is 0 Å². The van der Waals surface area contributed by atoms with Crippen LogP contribution in [0.1, 0.15) is 102 Å². The summed E-state index contributed by atoms with van der Waals surface area (Å²) in [5.41, 5.74) is 22.3. The molecule has 0 spiro atoms. The molecule has 0 saturated heterocycles. The Bertz CT molecular complexity index is 3080. The fraction of sp³-hybridized carbons (Fsp3) is 0.233. The molecule has 3 aliphatic rings. The maximum absolute atomic E-state index is 2.58. The van der Waals surface area contributed by atoms with Gasteiger partial charge in [0.05, 0.1) is 5.69 Å². The fourth-order valence-electron chi connectivity index (χ4n) is 11.5. The highest BCUT2D eigenvalue weighted by Gasteiger charge is 2.42. The summed E-state index contributed by atoms with van der Waals surface area (Å²) >= 11 is 0. The Balaban J connectivity index is 1.19. The Morgan fingerprint density at radius 1 is 0.344 bits per heavy atom. The smallest absolute Gasteiger partial charge is 0.0543 e. The molecule has 0 aromatic heterocycles. The monoisotopic (exact) mass is 789 g/mol. The minimum Gasteiger partial charge on any atom is -0.310 e. The lowest BCUT2D eigenvalue weighted by molar-refractivity contribution is 0.333. The lowest BCUT2D eigenvalue weighted by atomic mass is 9.61. The van der Waals surface area contributed by atoms with Crippen LogP contribution in [0.15, 0.2) is 164 Å². The van der Waals surface area contributed by atoms with Gasteiger partial charge in [-0.2, -0.15) is 0 Å². The zero-order chi connectivity index (χ0) is 42.1. The van der Waals surface area contributed by atoms with Crippen LogP contribution in [0.3, 0.4) is 0 Å². The molecule has 0 aliphatic heterocycles. The maximum atomic E-state index is 2.58. The largest absolute Gasteiger partial charge is 0.310 e. The third-order valence-electron chi connectivity index (χ3n) is 15.1. The number of nitrogens with zero attached hydrogens (tertiary/aromatic N) is 1. The Morgan fingerprint density at radius 3 is 1.61 bits per heavy atom. The molecular weight excluding hydrogens is 735 g/mol. The second-order valence-corrected chi connectivity index (χ2v) is 20.4. The van der Waals surface area contributed by atoms with Crippen LogP contribution in [0, 0.1) is 0 Å². The van der Waals surface area contributed by atoms with Crippen molar-refractivity contribution < 1.29 is 0 Å². The van der Waals surface area contributed by atoms with E-state index >= 15 is 0 Å². The van der Waals surface area contributed by atoms with Gasteiger partial charge in [-0.15, -0.1) is 0 Å². The summed E-state index contributed by atoms with van der Waals surface area (Å²) in [6, 6.07) is 62.4. The lowest BCUT2D eigenvalue weighted by Gasteiger charge is -2.43. The predicted molar refractivity (Wildman–Crippen MR) is 260 cm³/mol. The molecule has 0 bridgehead atoms. The Labute approximate surface area is 362 Å². The van der Waals surface area contributed by atoms with E-state index in [-0.39, 0.29) is 21.7 Å². The summed E-state index contributed by atoms with van der Waals surface area (Å²) in [6.45, 7) is 19.4. The quantitative estimate of drug-likeness (QED) is 0.168. The minimum atomic E-state index is -0.163. The summed E-state index contributed by atoms with van der Waals surface area (Å²) in [7, 11) is 0. The standard InChI is InChI=1S/C60H55N/c1-57(2)32-33-58(3,4)56-47(20-15-23-52(56)57)49-36-48-45-19-12-14-22-51(45)60(7,8)54(48)37-55(49)61(43-30-31-46-44-18-11-13-21-50(44)59(5,6)53(46)35-43)42-28-26-39(27-29-42)41-25-24-38-16-9-10-17-40(38)34-41/h9-31,34-37H,32-33H2,1-8H3. The van der Waals surface area contributed by atoms with Crippen molar-refractivity contribution in [1.29, 1.82) is 0 Å². The summed E-state index contributed by atoms with van der Waals surface area (Å²) in [6.07, 6.45) is 2.33. The number of rotatable bonds is 5. The topological polar surface area (TPSA) is 3.24 Å². The highest BCUT2D eigenvalue weighted by Crippen LogP contribution is 2.57. The van der Waals surface area contributed by atoms with Crippen LogP contribution in [0.25, 0.3) is 55.3 Å². The summed E-state index contributed by atoms with van der Waals surface area (Å²) in [5, 5.41) is 2.52. The van der Waals surface area contributed by atoms with Crippen molar-refractivity contribution >= 4 is 27.8 Å². The maximum Gasteiger partial charge on any atom is 0.0543 e. The SMILES string of the molecule is CC1(C)CCC(C)(C)c2c(-c3cc4c(cc3N(c3ccc(-c5ccc6ccccc6c5)cc3)c3ccc5c(c3)C(C)(C)c3ccccc3-5)C(C)(C)c3ccccc3-4)cccc21. The molecule has 1 heteroatoms. The first kappa shape index (κ1) is 37.8. The zero-order valence-corrected chi connectivity index (χ0v) is 36.9. The molecule has 3 aliphatic carbocycles. The number of anilines is 3. The fourth-order valence-corrected chi connectivity index (χ4v) is 11.5. The average Bonchev–Trinajstić information content (AvgIpc) is 3.64. The molecular formula is C60H55N. The Kier molecular flexibility index (Phi) is 8.15. The highest BCUT2D eigenvalue weighted by molar-refractivity contribution is 5.97. The molecule has 1 nitrogen and oxygen atoms in total. The van der Waals surface area contributed by atoms with Crippen molar-refractivity contribution in [2.75, 3.05) is 4.90 Å². The molecule has 11 rings (SSSR count). The van der Waals surface area contributed by atoms with E-state index in [2.05, 4.69) is 224 Å². The van der Waals surface area contributed by atoms with Gasteiger partial charge in [0.2, 0.25) is 0 Å². The second-order valence-electron chi connectivity index (χ2n) is 20.4. The van der Waals surface area contributed by atoms with E-state index in [1.54, 1.807) is 0 Å². The summed E-state index contributed by atoms with van der Waals surface area (Å²) in [4.78, 5) is 2.58. The molecule has 300 valence electrons. The van der Waals surface area contributed by atoms with E-state index in [4.69, 9.17) is 0 Å². The molecule has 0 radical (unpaired) electrons. The van der Waals surface area contributed by atoms with E-state index in [0.717, 1.165) is 12.1 Å². The van der Waals surface area contributed by atoms with Crippen molar-refractivity contribution in [3.8, 4) is 44.5 Å². The summed E-state index contributed by atoms with van der Waals surface area (Å²) in [5.74, 6) is 0. The normalized spacial score (nSPS) is 16.9. The van der Waals surface area contributed by atoms with E-state index in [1.807, 2.05) is 0 Å². The van der Waals surface area contributed by atoms with Crippen LogP contribution in [0.2, 0.25) is 0 Å². The molecule has 0 N–H and O–H groups in total. The third-order valence-corrected chi connectivity index (χ3v) is 15.1. The summed E-state index contributed by atoms with van der Waals surface area (Å²) < 4.78 is 0. The van der Waals surface area contributed by atoms with Crippen LogP contribution in [-0.2, 0) is 21.7 Å². The molecule has 61 heavy (non-hydrogen) atoms. The van der Waals surface area contributed by atoms with Crippen molar-refractivity contribution in [1.82, 2.24) is 0 Å². The van der Waals surface area contributed by atoms with Gasteiger partial charge in [-0.25, -0.2) is 0 Å². The van der Waals surface area contributed by atoms with E-state index < -0.39 is 0 Å². The molecule has 0 atom stereocenters. The highest BCUT2D eigenvalue weighted by atomic mass is 15.1. The Morgan fingerprint density at radius 2 is 0.885 bits per heavy atom. The number of hydrogen-bond donors (Lipinski definition) is 0. The molecule has 0 amide bonds. The lowest BCUT2D eigenvalue weighted by Crippen LogP contribution is -2.34. The van der Waals surface area contributed by atoms with Gasteiger partial charge in [-0.05, 0) is 149 Å². The van der Waals surface area contributed by atoms with Crippen molar-refractivity contribution in [3.05, 3.63) is 197 Å². The van der Waals surface area contributed by atoms with Crippen molar-refractivity contribution in [3.63, 3.8) is 0 Å². The average molecular weight is 790 g/mol. The molecule has 0 fully saturated rings. The van der Waals surface area contributed by atoms with Crippen molar-refractivity contribution in [2.45, 2.75) is 89.9 Å². The van der Waals surface area contributed by atoms with Gasteiger partial charge in [-0.3, -0.25) is 0 Å². The van der Waals surface area contributed by atoms with Gasteiger partial charge >= 0.3 is 0 Å². The number of fused-ring (bicyclic) bond motifs is 8. The second kappa shape index (κ2) is 13.2. The first-order valence-electron chi connectivity index (χ1n) is 22.3. The zero-order valence-electron chi connectivity index (χ0n) is 36.9. The van der Waals surface area contributed by atoms with Gasteiger partial charge in [0.1, 0.15) is 0 Å². The third kappa shape index (κ3) is 5.66. The molecule has 0 unspecified atom stereocenters. The molecule has 0 saturated carbocycles. The van der Waals surface area contributed by atoms with Crippen LogP contribution in [-0.4, -0.2) is 0 Å². The molecule has 8 aromatic carbocycles. The first-order valence-corrected chi connectivity index (χ1v) is 22.3. The van der Waals surface area contributed by atoms with Crippen LogP contribution >= 0.6 is 0 Å². The van der Waals surface area contributed by atoms with Crippen LogP contribution in [0.5, 0.6) is 0 Å². The van der Waals surface area contributed by atoms with Gasteiger partial charge in [0.25, 0.3) is 0 Å². The first-order chi connectivity index (χ1) is 29.2. The molecule has 0 heterocycles. The van der Waals surface area contributed by atoms with E-state index in [0.29, 0.717) is 0 Å². The predicted octanol–water partition coefficient (Wildman–Crippen LogP) is 16.6. The number of benzene rings is 8. The van der Waals surface area contributed by atoms with Gasteiger partial charge in [-0.1, -0.05) is 177 Å². The van der Waals surface area contributed by atoms with Crippen LogP contribution < -0.4 is 4.90 Å². The number of hydrogen-bond acceptors (Lipinski definition) is 1. The van der Waals surface area contributed by atoms with Crippen LogP contribution in [0.4, 0.5) is 17.1 Å².